The average molecular weight is 268 g/mol. The number of halogens is 4. The summed E-state index contributed by atoms with van der Waals surface area (Å²) in [5.41, 5.74) is 3.80. The number of nitrogens with two attached hydrogens (primary N) is 1. The summed E-state index contributed by atoms with van der Waals surface area (Å²) in [6.45, 7) is 0. The number of carbonyl (C=O) groups is 1. The van der Waals surface area contributed by atoms with Crippen LogP contribution in [0, 0.1) is 0 Å². The summed E-state index contributed by atoms with van der Waals surface area (Å²) < 4.78 is 37.5. The van der Waals surface area contributed by atoms with E-state index in [9.17, 15) is 18.0 Å². The van der Waals surface area contributed by atoms with Crippen LogP contribution in [0.5, 0.6) is 0 Å². The van der Waals surface area contributed by atoms with Crippen LogP contribution in [0.2, 0.25) is 0 Å². The first kappa shape index (κ1) is 13.6. The van der Waals surface area contributed by atoms with Gasteiger partial charge in [-0.15, -0.1) is 11.6 Å². The number of aryl methyl sites for hydroxylation is 1. The van der Waals surface area contributed by atoms with Gasteiger partial charge in [0, 0.05) is 11.6 Å². The quantitative estimate of drug-likeness (QED) is 0.654. The molecule has 0 aromatic heterocycles. The van der Waals surface area contributed by atoms with E-state index >= 15 is 0 Å². The van der Waals surface area contributed by atoms with Gasteiger partial charge in [-0.05, 0) is 24.1 Å². The first-order valence-electron chi connectivity index (χ1n) is 4.56. The van der Waals surface area contributed by atoms with E-state index in [1.54, 1.807) is 0 Å². The third kappa shape index (κ3) is 3.03. The summed E-state index contributed by atoms with van der Waals surface area (Å²) in [4.78, 5) is 10.8. The first-order chi connectivity index (χ1) is 7.77. The molecule has 94 valence electrons. The van der Waals surface area contributed by atoms with E-state index < -0.39 is 23.3 Å². The molecule has 0 aliphatic carbocycles. The molecule has 0 aliphatic heterocycles. The van der Waals surface area contributed by atoms with Crippen molar-refractivity contribution in [2.75, 3.05) is 11.6 Å². The molecule has 0 atom stereocenters. The van der Waals surface area contributed by atoms with E-state index in [2.05, 4.69) is 0 Å². The molecule has 0 radical (unpaired) electrons. The van der Waals surface area contributed by atoms with Gasteiger partial charge in [0.1, 0.15) is 0 Å². The van der Waals surface area contributed by atoms with E-state index in [4.69, 9.17) is 22.4 Å². The van der Waals surface area contributed by atoms with Crippen molar-refractivity contribution >= 4 is 23.3 Å². The minimum Gasteiger partial charge on any atom is -0.478 e. The lowest BCUT2D eigenvalue weighted by Gasteiger charge is -2.13. The molecule has 0 amide bonds. The zero-order valence-corrected chi connectivity index (χ0v) is 9.27. The molecule has 0 aliphatic rings. The van der Waals surface area contributed by atoms with Crippen molar-refractivity contribution in [3.8, 4) is 0 Å². The molecule has 1 rings (SSSR count). The number of anilines is 1. The van der Waals surface area contributed by atoms with Gasteiger partial charge in [-0.1, -0.05) is 0 Å². The average Bonchev–Trinajstić information content (AvgIpc) is 2.19. The molecule has 0 saturated carbocycles. The Morgan fingerprint density at radius 2 is 2.00 bits per heavy atom. The van der Waals surface area contributed by atoms with Gasteiger partial charge in [0.05, 0.1) is 11.1 Å². The lowest BCUT2D eigenvalue weighted by Crippen LogP contribution is -2.12. The molecule has 17 heavy (non-hydrogen) atoms. The van der Waals surface area contributed by atoms with E-state index in [0.717, 1.165) is 6.07 Å². The lowest BCUT2D eigenvalue weighted by molar-refractivity contribution is -0.137. The molecule has 0 fully saturated rings. The second-order valence-corrected chi connectivity index (χ2v) is 3.72. The van der Waals surface area contributed by atoms with Crippen LogP contribution in [0.1, 0.15) is 21.5 Å². The number of carboxylic acids is 1. The number of hydrogen-bond donors (Lipinski definition) is 2. The SMILES string of the molecule is Nc1c(CCCl)cc(C(F)(F)F)cc1C(=O)O. The topological polar surface area (TPSA) is 63.3 Å². The number of benzene rings is 1. The lowest BCUT2D eigenvalue weighted by atomic mass is 10.0. The highest BCUT2D eigenvalue weighted by atomic mass is 35.5. The molecule has 3 nitrogen and oxygen atoms in total. The smallest absolute Gasteiger partial charge is 0.416 e. The molecule has 0 spiro atoms. The van der Waals surface area contributed by atoms with Crippen LogP contribution in [0.4, 0.5) is 18.9 Å². The summed E-state index contributed by atoms with van der Waals surface area (Å²) >= 11 is 5.42. The zero-order chi connectivity index (χ0) is 13.2. The largest absolute Gasteiger partial charge is 0.478 e. The number of carboxylic acid groups (broad SMARTS) is 1. The highest BCUT2D eigenvalue weighted by molar-refractivity contribution is 6.18. The number of aromatic carboxylic acids is 1. The van der Waals surface area contributed by atoms with Gasteiger partial charge in [-0.25, -0.2) is 4.79 Å². The Morgan fingerprint density at radius 3 is 2.41 bits per heavy atom. The van der Waals surface area contributed by atoms with Crippen molar-refractivity contribution in [3.63, 3.8) is 0 Å². The minimum absolute atomic E-state index is 0.0601. The highest BCUT2D eigenvalue weighted by Crippen LogP contribution is 2.33. The molecule has 0 heterocycles. The summed E-state index contributed by atoms with van der Waals surface area (Å²) in [5.74, 6) is -1.44. The zero-order valence-electron chi connectivity index (χ0n) is 8.51. The van der Waals surface area contributed by atoms with Crippen molar-refractivity contribution in [1.82, 2.24) is 0 Å². The first-order valence-corrected chi connectivity index (χ1v) is 5.09. The summed E-state index contributed by atoms with van der Waals surface area (Å²) in [6.07, 6.45) is -4.53. The van der Waals surface area contributed by atoms with Crippen LogP contribution >= 0.6 is 11.6 Å². The van der Waals surface area contributed by atoms with Gasteiger partial charge >= 0.3 is 12.1 Å². The van der Waals surface area contributed by atoms with E-state index in [-0.39, 0.29) is 23.6 Å². The second kappa shape index (κ2) is 4.83. The Balaban J connectivity index is 3.42. The molecule has 1 aromatic rings. The van der Waals surface area contributed by atoms with Crippen molar-refractivity contribution in [3.05, 3.63) is 28.8 Å². The predicted molar refractivity (Wildman–Crippen MR) is 57.2 cm³/mol. The van der Waals surface area contributed by atoms with Gasteiger partial charge in [0.25, 0.3) is 0 Å². The third-order valence-corrected chi connectivity index (χ3v) is 2.38. The molecule has 0 bridgehead atoms. The van der Waals surface area contributed by atoms with Crippen LogP contribution in [-0.4, -0.2) is 17.0 Å². The predicted octanol–water partition coefficient (Wildman–Crippen LogP) is 2.77. The van der Waals surface area contributed by atoms with Gasteiger partial charge in [-0.3, -0.25) is 0 Å². The van der Waals surface area contributed by atoms with Crippen LogP contribution in [0.25, 0.3) is 0 Å². The maximum atomic E-state index is 12.5. The van der Waals surface area contributed by atoms with Gasteiger partial charge in [0.15, 0.2) is 0 Å². The summed E-state index contributed by atoms with van der Waals surface area (Å²) in [5, 5.41) is 8.77. The fourth-order valence-corrected chi connectivity index (χ4v) is 1.57. The van der Waals surface area contributed by atoms with Crippen molar-refractivity contribution in [1.29, 1.82) is 0 Å². The monoisotopic (exact) mass is 267 g/mol. The van der Waals surface area contributed by atoms with Crippen LogP contribution < -0.4 is 5.73 Å². The van der Waals surface area contributed by atoms with Crippen molar-refractivity contribution in [2.24, 2.45) is 0 Å². The van der Waals surface area contributed by atoms with Gasteiger partial charge < -0.3 is 10.8 Å². The van der Waals surface area contributed by atoms with Crippen molar-refractivity contribution in [2.45, 2.75) is 12.6 Å². The van der Waals surface area contributed by atoms with E-state index in [0.29, 0.717) is 6.07 Å². The van der Waals surface area contributed by atoms with Crippen LogP contribution in [0.3, 0.4) is 0 Å². The number of alkyl halides is 4. The standard InChI is InChI=1S/C10H9ClF3NO2/c11-2-1-5-3-6(10(12,13)14)4-7(8(5)15)9(16)17/h3-4H,1-2,15H2,(H,16,17). The Bertz CT molecular complexity index is 446. The Hall–Kier alpha value is -1.43. The maximum Gasteiger partial charge on any atom is 0.416 e. The summed E-state index contributed by atoms with van der Waals surface area (Å²) in [7, 11) is 0. The number of hydrogen-bond acceptors (Lipinski definition) is 2. The molecule has 0 unspecified atom stereocenters. The Labute approximate surface area is 100.0 Å². The molecule has 1 aromatic carbocycles. The normalized spacial score (nSPS) is 11.5. The third-order valence-electron chi connectivity index (χ3n) is 2.19. The van der Waals surface area contributed by atoms with Crippen LogP contribution in [0.15, 0.2) is 12.1 Å². The molecule has 3 N–H and O–H groups in total. The van der Waals surface area contributed by atoms with Crippen LogP contribution in [-0.2, 0) is 12.6 Å². The fraction of sp³-hybridized carbons (Fsp3) is 0.300. The van der Waals surface area contributed by atoms with Gasteiger partial charge in [-0.2, -0.15) is 13.2 Å². The molecular weight excluding hydrogens is 259 g/mol. The van der Waals surface area contributed by atoms with E-state index in [1.807, 2.05) is 0 Å². The Kier molecular flexibility index (Phi) is 3.87. The Morgan fingerprint density at radius 1 is 1.41 bits per heavy atom. The number of rotatable bonds is 3. The minimum atomic E-state index is -4.61. The summed E-state index contributed by atoms with van der Waals surface area (Å²) in [6, 6.07) is 1.35. The van der Waals surface area contributed by atoms with E-state index in [1.165, 1.54) is 0 Å². The van der Waals surface area contributed by atoms with Gasteiger partial charge in [0.2, 0.25) is 0 Å². The molecular formula is C10H9ClF3NO2. The maximum absolute atomic E-state index is 12.5. The molecule has 0 saturated heterocycles. The fourth-order valence-electron chi connectivity index (χ4n) is 1.36. The number of nitrogen functional groups attached to an aromatic ring is 1. The second-order valence-electron chi connectivity index (χ2n) is 3.34. The van der Waals surface area contributed by atoms with Crippen molar-refractivity contribution < 1.29 is 23.1 Å². The highest BCUT2D eigenvalue weighted by Gasteiger charge is 2.32. The molecule has 7 heteroatoms.